The summed E-state index contributed by atoms with van der Waals surface area (Å²) in [6, 6.07) is 0. The van der Waals surface area contributed by atoms with E-state index in [0.29, 0.717) is 0 Å². The molecule has 4 aromatic heterocycles. The highest BCUT2D eigenvalue weighted by atomic mass is 32.1. The third-order valence-corrected chi connectivity index (χ3v) is 5.41. The van der Waals surface area contributed by atoms with Crippen molar-refractivity contribution in [3.05, 3.63) is 29.4 Å². The molecular formula is C14H12N4S2. The molecule has 4 rings (SSSR count). The fourth-order valence-electron chi connectivity index (χ4n) is 2.47. The monoisotopic (exact) mass is 300 g/mol. The summed E-state index contributed by atoms with van der Waals surface area (Å²) in [5, 5.41) is 1.01. The maximum Gasteiger partial charge on any atom is 0.142 e. The summed E-state index contributed by atoms with van der Waals surface area (Å²) in [5.41, 5.74) is 7.26. The highest BCUT2D eigenvalue weighted by Gasteiger charge is 2.17. The Balaban J connectivity index is 1.99. The number of hydrogen-bond acceptors (Lipinski definition) is 4. The smallest absolute Gasteiger partial charge is 0.142 e. The first-order chi connectivity index (χ1) is 9.69. The fraction of sp³-hybridized carbons (Fsp3) is 0.143. The molecule has 0 saturated carbocycles. The van der Waals surface area contributed by atoms with Crippen LogP contribution in [0.15, 0.2) is 18.3 Å². The zero-order valence-corrected chi connectivity index (χ0v) is 12.7. The number of hydrogen-bond donors (Lipinski definition) is 1. The van der Waals surface area contributed by atoms with Gasteiger partial charge in [-0.05, 0) is 6.92 Å². The molecule has 100 valence electrons. The van der Waals surface area contributed by atoms with E-state index >= 15 is 0 Å². The third-order valence-electron chi connectivity index (χ3n) is 3.51. The van der Waals surface area contributed by atoms with E-state index in [4.69, 9.17) is 4.98 Å². The minimum atomic E-state index is 1.01. The maximum absolute atomic E-state index is 4.78. The summed E-state index contributed by atoms with van der Waals surface area (Å²) in [6.07, 6.45) is 3.92. The zero-order valence-electron chi connectivity index (χ0n) is 11.1. The Hall–Kier alpha value is -1.92. The van der Waals surface area contributed by atoms with Gasteiger partial charge < -0.3 is 9.55 Å². The first-order valence-corrected chi connectivity index (χ1v) is 7.89. The molecule has 1 N–H and O–H groups in total. The maximum atomic E-state index is 4.78. The summed E-state index contributed by atoms with van der Waals surface area (Å²) >= 11 is 3.32. The van der Waals surface area contributed by atoms with Crippen molar-refractivity contribution in [2.45, 2.75) is 6.92 Å². The number of nitrogens with one attached hydrogen (secondary N) is 1. The molecular weight excluding hydrogens is 288 g/mol. The van der Waals surface area contributed by atoms with Crippen LogP contribution < -0.4 is 0 Å². The van der Waals surface area contributed by atoms with Crippen LogP contribution in [-0.2, 0) is 7.05 Å². The fourth-order valence-corrected chi connectivity index (χ4v) is 4.29. The van der Waals surface area contributed by atoms with Crippen LogP contribution >= 0.6 is 22.7 Å². The Morgan fingerprint density at radius 1 is 1.40 bits per heavy atom. The van der Waals surface area contributed by atoms with E-state index in [0.717, 1.165) is 32.1 Å². The van der Waals surface area contributed by atoms with Crippen molar-refractivity contribution in [1.82, 2.24) is 19.5 Å². The first kappa shape index (κ1) is 11.9. The minimum absolute atomic E-state index is 1.01. The van der Waals surface area contributed by atoms with Gasteiger partial charge in [-0.3, -0.25) is 0 Å². The van der Waals surface area contributed by atoms with Gasteiger partial charge in [0, 0.05) is 24.4 Å². The van der Waals surface area contributed by atoms with Crippen molar-refractivity contribution in [2.75, 3.05) is 0 Å². The summed E-state index contributed by atoms with van der Waals surface area (Å²) in [4.78, 5) is 14.9. The molecule has 0 saturated heterocycles. The Morgan fingerprint density at radius 2 is 2.25 bits per heavy atom. The molecule has 4 nitrogen and oxygen atoms in total. The lowest BCUT2D eigenvalue weighted by molar-refractivity contribution is 0.977. The quantitative estimate of drug-likeness (QED) is 0.603. The number of nitrogens with zero attached hydrogens (tertiary/aromatic N) is 3. The molecule has 20 heavy (non-hydrogen) atoms. The average molecular weight is 300 g/mol. The number of aromatic nitrogens is 4. The zero-order chi connectivity index (χ0) is 13.9. The van der Waals surface area contributed by atoms with E-state index in [9.17, 15) is 0 Å². The van der Waals surface area contributed by atoms with Crippen molar-refractivity contribution < 1.29 is 0 Å². The van der Waals surface area contributed by atoms with Crippen LogP contribution in [0.3, 0.4) is 0 Å². The molecule has 4 aromatic rings. The molecule has 0 bridgehead atoms. The van der Waals surface area contributed by atoms with Gasteiger partial charge in [-0.25, -0.2) is 9.97 Å². The van der Waals surface area contributed by atoms with Gasteiger partial charge in [0.25, 0.3) is 0 Å². The molecule has 0 spiro atoms. The third kappa shape index (κ3) is 1.46. The molecule has 4 heterocycles. The normalized spacial score (nSPS) is 11.7. The van der Waals surface area contributed by atoms with Crippen molar-refractivity contribution in [1.29, 1.82) is 0 Å². The van der Waals surface area contributed by atoms with Gasteiger partial charge in [-0.15, -0.1) is 11.3 Å². The van der Waals surface area contributed by atoms with Crippen LogP contribution in [0.2, 0.25) is 0 Å². The predicted molar refractivity (Wildman–Crippen MR) is 86.4 cm³/mol. The van der Waals surface area contributed by atoms with Crippen LogP contribution in [0.5, 0.6) is 0 Å². The predicted octanol–water partition coefficient (Wildman–Crippen LogP) is 4.19. The molecule has 0 unspecified atom stereocenters. The van der Waals surface area contributed by atoms with Gasteiger partial charge >= 0.3 is 0 Å². The summed E-state index contributed by atoms with van der Waals surface area (Å²) < 4.78 is 2.10. The Morgan fingerprint density at radius 3 is 3.00 bits per heavy atom. The molecule has 0 amide bonds. The SMILES string of the molecule is C=Cc1cn(C)c2sc(-c3[nH]c4scnc4c3C)nc12. The van der Waals surface area contributed by atoms with Gasteiger partial charge in [0.1, 0.15) is 25.7 Å². The van der Waals surface area contributed by atoms with Crippen LogP contribution in [-0.4, -0.2) is 19.5 Å². The lowest BCUT2D eigenvalue weighted by atomic mass is 10.2. The number of fused-ring (bicyclic) bond motifs is 2. The number of aryl methyl sites for hydroxylation is 2. The van der Waals surface area contributed by atoms with E-state index in [1.807, 2.05) is 18.6 Å². The summed E-state index contributed by atoms with van der Waals surface area (Å²) in [6.45, 7) is 5.95. The summed E-state index contributed by atoms with van der Waals surface area (Å²) in [7, 11) is 2.04. The van der Waals surface area contributed by atoms with Crippen LogP contribution in [0, 0.1) is 6.92 Å². The van der Waals surface area contributed by atoms with Crippen molar-refractivity contribution in [3.63, 3.8) is 0 Å². The van der Waals surface area contributed by atoms with Crippen molar-refractivity contribution in [2.24, 2.45) is 7.05 Å². The molecule has 0 radical (unpaired) electrons. The number of thiazole rings is 2. The lowest BCUT2D eigenvalue weighted by Gasteiger charge is -1.94. The van der Waals surface area contributed by atoms with E-state index < -0.39 is 0 Å². The molecule has 0 aliphatic rings. The van der Waals surface area contributed by atoms with Crippen LogP contribution in [0.25, 0.3) is 37.5 Å². The topological polar surface area (TPSA) is 46.5 Å². The second kappa shape index (κ2) is 4.04. The van der Waals surface area contributed by atoms with Gasteiger partial charge in [0.2, 0.25) is 0 Å². The molecule has 0 fully saturated rings. The highest BCUT2D eigenvalue weighted by molar-refractivity contribution is 7.21. The standard InChI is InChI=1S/C14H12N4S2/c1-4-8-5-18(3)14-11(8)17-13(20-14)10-7(2)9-12(16-10)19-6-15-9/h4-6,16H,1H2,2-3H3. The number of H-pyrrole nitrogens is 1. The van der Waals surface area contributed by atoms with Crippen LogP contribution in [0.4, 0.5) is 0 Å². The van der Waals surface area contributed by atoms with E-state index in [2.05, 4.69) is 34.2 Å². The van der Waals surface area contributed by atoms with Gasteiger partial charge in [-0.1, -0.05) is 24.0 Å². The minimum Gasteiger partial charge on any atom is -0.343 e. The van der Waals surface area contributed by atoms with Crippen LogP contribution in [0.1, 0.15) is 11.1 Å². The number of aromatic amines is 1. The van der Waals surface area contributed by atoms with Crippen molar-refractivity contribution in [3.8, 4) is 10.7 Å². The Kier molecular flexibility index (Phi) is 2.40. The summed E-state index contributed by atoms with van der Waals surface area (Å²) in [5.74, 6) is 0. The van der Waals surface area contributed by atoms with E-state index in [-0.39, 0.29) is 0 Å². The van der Waals surface area contributed by atoms with Gasteiger partial charge in [-0.2, -0.15) is 0 Å². The second-order valence-corrected chi connectivity index (χ2v) is 6.56. The highest BCUT2D eigenvalue weighted by Crippen LogP contribution is 2.36. The largest absolute Gasteiger partial charge is 0.343 e. The van der Waals surface area contributed by atoms with Gasteiger partial charge in [0.15, 0.2) is 0 Å². The molecule has 0 aliphatic heterocycles. The Bertz CT molecular complexity index is 951. The molecule has 0 aliphatic carbocycles. The molecule has 0 aromatic carbocycles. The molecule has 0 atom stereocenters. The van der Waals surface area contributed by atoms with E-state index in [1.165, 1.54) is 10.4 Å². The van der Waals surface area contributed by atoms with Crippen molar-refractivity contribution >= 4 is 49.4 Å². The lowest BCUT2D eigenvalue weighted by Crippen LogP contribution is -1.81. The number of rotatable bonds is 2. The molecule has 6 heteroatoms. The van der Waals surface area contributed by atoms with E-state index in [1.54, 1.807) is 22.7 Å². The Labute approximate surface area is 123 Å². The van der Waals surface area contributed by atoms with Gasteiger partial charge in [0.05, 0.1) is 11.2 Å². The average Bonchev–Trinajstić information content (AvgIpc) is 3.14. The first-order valence-electron chi connectivity index (χ1n) is 6.19. The second-order valence-electron chi connectivity index (χ2n) is 4.73.